The molecule has 0 spiro atoms. The van der Waals surface area contributed by atoms with Gasteiger partial charge < -0.3 is 0 Å². The molecule has 0 bridgehead atoms. The summed E-state index contributed by atoms with van der Waals surface area (Å²) in [6.45, 7) is 3.47. The topological polar surface area (TPSA) is 33.4 Å². The van der Waals surface area contributed by atoms with Crippen molar-refractivity contribution >= 4 is 22.8 Å². The summed E-state index contributed by atoms with van der Waals surface area (Å²) in [7, 11) is 0. The molecule has 0 aliphatic rings. The van der Waals surface area contributed by atoms with E-state index in [4.69, 9.17) is 6.42 Å². The minimum Gasteiger partial charge on any atom is -0.281 e. The Morgan fingerprint density at radius 3 is 2.79 bits per heavy atom. The molecule has 1 aromatic carbocycles. The molecule has 4 nitrogen and oxygen atoms in total. The van der Waals surface area contributed by atoms with Crippen LogP contribution in [0, 0.1) is 12.3 Å². The number of aromatic nitrogens is 2. The molecule has 0 saturated carbocycles. The first-order chi connectivity index (χ1) is 11.8. The van der Waals surface area contributed by atoms with E-state index in [9.17, 15) is 0 Å². The number of anilines is 1. The summed E-state index contributed by atoms with van der Waals surface area (Å²) < 4.78 is 2.19. The average molecular weight is 316 g/mol. The molecule has 3 aromatic rings. The summed E-state index contributed by atoms with van der Waals surface area (Å²) in [4.78, 5) is 8.42. The van der Waals surface area contributed by atoms with E-state index in [1.54, 1.807) is 0 Å². The second-order valence-electron chi connectivity index (χ2n) is 5.45. The summed E-state index contributed by atoms with van der Waals surface area (Å²) in [5, 5.41) is 3.41. The largest absolute Gasteiger partial charge is 0.281 e. The highest BCUT2D eigenvalue weighted by Crippen LogP contribution is 2.24. The standard InChI is InChI=1S/C20H20N4/c1-3-11-22-15-17-16-24(20-8-6-5-7-19(17)20)23(14-4-2)18-9-12-21-13-10-18/h1,5-10,12-13,15-16H,4,11,14H2,2H3. The van der Waals surface area contributed by atoms with E-state index >= 15 is 0 Å². The Labute approximate surface area is 142 Å². The fourth-order valence-electron chi connectivity index (χ4n) is 2.78. The highest BCUT2D eigenvalue weighted by molar-refractivity contribution is 5.99. The van der Waals surface area contributed by atoms with Crippen molar-refractivity contribution in [2.45, 2.75) is 13.3 Å². The van der Waals surface area contributed by atoms with Crippen LogP contribution in [0.15, 0.2) is 60.0 Å². The molecule has 120 valence electrons. The van der Waals surface area contributed by atoms with Gasteiger partial charge in [0.2, 0.25) is 0 Å². The highest BCUT2D eigenvalue weighted by Gasteiger charge is 2.13. The molecule has 0 unspecified atom stereocenters. The van der Waals surface area contributed by atoms with Gasteiger partial charge in [-0.25, -0.2) is 0 Å². The van der Waals surface area contributed by atoms with Crippen LogP contribution in [0.4, 0.5) is 5.69 Å². The van der Waals surface area contributed by atoms with Gasteiger partial charge in [-0.05, 0) is 24.6 Å². The Morgan fingerprint density at radius 2 is 2.04 bits per heavy atom. The van der Waals surface area contributed by atoms with E-state index < -0.39 is 0 Å². The maximum atomic E-state index is 5.29. The van der Waals surface area contributed by atoms with Gasteiger partial charge in [-0.1, -0.05) is 31.0 Å². The van der Waals surface area contributed by atoms with Crippen LogP contribution in [0.3, 0.4) is 0 Å². The summed E-state index contributed by atoms with van der Waals surface area (Å²) >= 11 is 0. The highest BCUT2D eigenvalue weighted by atomic mass is 15.5. The van der Waals surface area contributed by atoms with Crippen LogP contribution in [0.5, 0.6) is 0 Å². The van der Waals surface area contributed by atoms with Crippen molar-refractivity contribution in [1.29, 1.82) is 0 Å². The molecule has 2 aromatic heterocycles. The van der Waals surface area contributed by atoms with E-state index in [0.29, 0.717) is 6.54 Å². The Hall–Kier alpha value is -3.06. The number of terminal acetylenes is 1. The number of para-hydroxylation sites is 1. The molecule has 0 amide bonds. The lowest BCUT2D eigenvalue weighted by Crippen LogP contribution is -2.29. The third kappa shape index (κ3) is 3.16. The lowest BCUT2D eigenvalue weighted by Gasteiger charge is -2.26. The molecule has 0 N–H and O–H groups in total. The average Bonchev–Trinajstić information content (AvgIpc) is 2.99. The van der Waals surface area contributed by atoms with Gasteiger partial charge in [0.05, 0.1) is 17.7 Å². The molecule has 0 radical (unpaired) electrons. The predicted molar refractivity (Wildman–Crippen MR) is 101 cm³/mol. The molecule has 4 heteroatoms. The van der Waals surface area contributed by atoms with Crippen LogP contribution in [0.25, 0.3) is 10.9 Å². The molecule has 0 atom stereocenters. The number of pyridine rings is 1. The van der Waals surface area contributed by atoms with E-state index in [1.807, 2.05) is 36.8 Å². The summed E-state index contributed by atoms with van der Waals surface area (Å²) in [5.41, 5.74) is 3.32. The van der Waals surface area contributed by atoms with E-state index in [-0.39, 0.29) is 0 Å². The van der Waals surface area contributed by atoms with Crippen LogP contribution in [-0.2, 0) is 0 Å². The maximum Gasteiger partial charge on any atom is 0.0995 e. The fourth-order valence-corrected chi connectivity index (χ4v) is 2.78. The van der Waals surface area contributed by atoms with Crippen LogP contribution < -0.4 is 5.01 Å². The molecule has 0 saturated heterocycles. The number of benzene rings is 1. The van der Waals surface area contributed by atoms with Gasteiger partial charge in [-0.2, -0.15) is 0 Å². The first-order valence-corrected chi connectivity index (χ1v) is 8.06. The van der Waals surface area contributed by atoms with Crippen LogP contribution in [-0.4, -0.2) is 29.0 Å². The van der Waals surface area contributed by atoms with Crippen LogP contribution in [0.1, 0.15) is 18.9 Å². The first kappa shape index (κ1) is 15.8. The third-order valence-electron chi connectivity index (χ3n) is 3.79. The molecule has 3 rings (SSSR count). The molecular formula is C20H20N4. The van der Waals surface area contributed by atoms with Gasteiger partial charge in [0.1, 0.15) is 0 Å². The Bertz CT molecular complexity index is 872. The van der Waals surface area contributed by atoms with Crippen molar-refractivity contribution in [3.05, 3.63) is 60.6 Å². The SMILES string of the molecule is C#CCN=Cc1cn(N(CCC)c2ccncc2)c2ccccc12. The Morgan fingerprint density at radius 1 is 1.25 bits per heavy atom. The quantitative estimate of drug-likeness (QED) is 0.512. The van der Waals surface area contributed by atoms with Crippen LogP contribution in [0.2, 0.25) is 0 Å². The second kappa shape index (κ2) is 7.47. The van der Waals surface area contributed by atoms with E-state index in [0.717, 1.165) is 35.1 Å². The van der Waals surface area contributed by atoms with Gasteiger partial charge in [-0.3, -0.25) is 19.7 Å². The number of aliphatic imine (C=N–C) groups is 1. The first-order valence-electron chi connectivity index (χ1n) is 8.06. The molecule has 0 aliphatic carbocycles. The third-order valence-corrected chi connectivity index (χ3v) is 3.79. The van der Waals surface area contributed by atoms with Crippen molar-refractivity contribution in [1.82, 2.24) is 9.66 Å². The normalized spacial score (nSPS) is 11.0. The molecule has 0 fully saturated rings. The Balaban J connectivity index is 2.12. The Kier molecular flexibility index (Phi) is 4.93. The van der Waals surface area contributed by atoms with Crippen molar-refractivity contribution in [3.63, 3.8) is 0 Å². The predicted octanol–water partition coefficient (Wildman–Crippen LogP) is 3.77. The zero-order valence-electron chi connectivity index (χ0n) is 13.8. The van der Waals surface area contributed by atoms with Crippen molar-refractivity contribution in [3.8, 4) is 12.3 Å². The molecule has 0 aliphatic heterocycles. The van der Waals surface area contributed by atoms with E-state index in [2.05, 4.69) is 56.9 Å². The summed E-state index contributed by atoms with van der Waals surface area (Å²) in [6, 6.07) is 12.4. The lowest BCUT2D eigenvalue weighted by atomic mass is 10.2. The smallest absolute Gasteiger partial charge is 0.0995 e. The van der Waals surface area contributed by atoms with Gasteiger partial charge in [0.15, 0.2) is 0 Å². The zero-order valence-corrected chi connectivity index (χ0v) is 13.8. The summed E-state index contributed by atoms with van der Waals surface area (Å²) in [6.07, 6.45) is 13.9. The molecular weight excluding hydrogens is 296 g/mol. The number of rotatable bonds is 6. The zero-order chi connectivity index (χ0) is 16.8. The number of nitrogens with zero attached hydrogens (tertiary/aromatic N) is 4. The van der Waals surface area contributed by atoms with Gasteiger partial charge in [-0.15, -0.1) is 6.42 Å². The van der Waals surface area contributed by atoms with Crippen LogP contribution >= 0.6 is 0 Å². The second-order valence-corrected chi connectivity index (χ2v) is 5.45. The number of hydrogen-bond donors (Lipinski definition) is 0. The van der Waals surface area contributed by atoms with E-state index in [1.165, 1.54) is 0 Å². The van der Waals surface area contributed by atoms with Crippen molar-refractivity contribution in [2.75, 3.05) is 18.1 Å². The monoisotopic (exact) mass is 316 g/mol. The maximum absolute atomic E-state index is 5.29. The molecule has 24 heavy (non-hydrogen) atoms. The minimum absolute atomic E-state index is 0.391. The van der Waals surface area contributed by atoms with Crippen molar-refractivity contribution in [2.24, 2.45) is 4.99 Å². The van der Waals surface area contributed by atoms with Gasteiger partial charge >= 0.3 is 0 Å². The number of fused-ring (bicyclic) bond motifs is 1. The van der Waals surface area contributed by atoms with Gasteiger partial charge in [0.25, 0.3) is 0 Å². The van der Waals surface area contributed by atoms with Crippen molar-refractivity contribution < 1.29 is 0 Å². The minimum atomic E-state index is 0.391. The number of hydrogen-bond acceptors (Lipinski definition) is 3. The summed E-state index contributed by atoms with van der Waals surface area (Å²) in [5.74, 6) is 2.54. The fraction of sp³-hybridized carbons (Fsp3) is 0.200. The lowest BCUT2D eigenvalue weighted by molar-refractivity contribution is 0.696. The van der Waals surface area contributed by atoms with Gasteiger partial charge in [0, 0.05) is 42.3 Å². The molecule has 2 heterocycles.